The van der Waals surface area contributed by atoms with Crippen LogP contribution in [0.2, 0.25) is 0 Å². The molecule has 1 aromatic carbocycles. The molecule has 1 aromatic heterocycles. The third-order valence-electron chi connectivity index (χ3n) is 4.34. The fourth-order valence-electron chi connectivity index (χ4n) is 3.13. The van der Waals surface area contributed by atoms with Crippen LogP contribution in [0, 0.1) is 0 Å². The molecule has 0 aliphatic heterocycles. The number of halogens is 1. The van der Waals surface area contributed by atoms with E-state index in [9.17, 15) is 4.79 Å². The second kappa shape index (κ2) is 5.02. The number of hydrogen-bond acceptors (Lipinski definition) is 1. The first-order chi connectivity index (χ1) is 10.2. The van der Waals surface area contributed by atoms with Gasteiger partial charge < -0.3 is 9.88 Å². The van der Waals surface area contributed by atoms with Crippen molar-refractivity contribution in [2.45, 2.75) is 38.1 Å². The van der Waals surface area contributed by atoms with Crippen LogP contribution < -0.4 is 5.32 Å². The molecular formula is C17H17BrN2O. The number of amides is 1. The molecular weight excluding hydrogens is 328 g/mol. The quantitative estimate of drug-likeness (QED) is 0.883. The molecule has 21 heavy (non-hydrogen) atoms. The number of aryl methyl sites for hydroxylation is 2. The molecule has 1 fully saturated rings. The second-order valence-corrected chi connectivity index (χ2v) is 6.89. The molecule has 2 aliphatic rings. The number of benzene rings is 1. The lowest BCUT2D eigenvalue weighted by Crippen LogP contribution is -2.16. The molecule has 0 atom stereocenters. The minimum absolute atomic E-state index is 0.0226. The zero-order valence-corrected chi connectivity index (χ0v) is 13.3. The number of hydrogen-bond donors (Lipinski definition) is 1. The Morgan fingerprint density at radius 3 is 2.81 bits per heavy atom. The van der Waals surface area contributed by atoms with Gasteiger partial charge in [-0.25, -0.2) is 0 Å². The molecule has 0 saturated heterocycles. The molecule has 4 rings (SSSR count). The van der Waals surface area contributed by atoms with Crippen molar-refractivity contribution in [3.8, 4) is 0 Å². The first kappa shape index (κ1) is 13.1. The third kappa shape index (κ3) is 2.53. The van der Waals surface area contributed by atoms with E-state index in [1.54, 1.807) is 0 Å². The summed E-state index contributed by atoms with van der Waals surface area (Å²) in [5, 5.41) is 3.04. The molecule has 1 amide bonds. The van der Waals surface area contributed by atoms with Crippen LogP contribution in [-0.2, 0) is 12.8 Å². The summed E-state index contributed by atoms with van der Waals surface area (Å²) in [4.78, 5) is 12.5. The van der Waals surface area contributed by atoms with E-state index in [1.165, 1.54) is 36.8 Å². The molecule has 3 nitrogen and oxygen atoms in total. The summed E-state index contributed by atoms with van der Waals surface area (Å²) in [5.41, 5.74) is 4.45. The monoisotopic (exact) mass is 344 g/mol. The summed E-state index contributed by atoms with van der Waals surface area (Å²) >= 11 is 3.47. The van der Waals surface area contributed by atoms with E-state index in [2.05, 4.69) is 37.9 Å². The van der Waals surface area contributed by atoms with Crippen LogP contribution in [0.25, 0.3) is 0 Å². The van der Waals surface area contributed by atoms with Crippen LogP contribution in [0.4, 0.5) is 5.69 Å². The Labute approximate surface area is 132 Å². The summed E-state index contributed by atoms with van der Waals surface area (Å²) < 4.78 is 3.06. The van der Waals surface area contributed by atoms with Gasteiger partial charge in [0.2, 0.25) is 0 Å². The highest BCUT2D eigenvalue weighted by molar-refractivity contribution is 9.10. The van der Waals surface area contributed by atoms with Crippen molar-refractivity contribution in [1.29, 1.82) is 0 Å². The van der Waals surface area contributed by atoms with E-state index < -0.39 is 0 Å². The number of fused-ring (bicyclic) bond motifs is 1. The van der Waals surface area contributed by atoms with Crippen LogP contribution in [-0.4, -0.2) is 10.5 Å². The molecule has 2 aliphatic carbocycles. The van der Waals surface area contributed by atoms with Gasteiger partial charge in [-0.05, 0) is 77.4 Å². The van der Waals surface area contributed by atoms with Crippen LogP contribution in [0.15, 0.2) is 34.9 Å². The molecule has 1 heterocycles. The van der Waals surface area contributed by atoms with Gasteiger partial charge in [0.25, 0.3) is 5.91 Å². The first-order valence-corrected chi connectivity index (χ1v) is 8.30. The lowest BCUT2D eigenvalue weighted by molar-refractivity contribution is 0.101. The van der Waals surface area contributed by atoms with E-state index in [0.29, 0.717) is 6.04 Å². The maximum Gasteiger partial charge on any atom is 0.272 e. The lowest BCUT2D eigenvalue weighted by Gasteiger charge is -2.10. The third-order valence-corrected chi connectivity index (χ3v) is 4.78. The molecule has 1 saturated carbocycles. The second-order valence-electron chi connectivity index (χ2n) is 5.97. The molecule has 0 radical (unpaired) electrons. The Kier molecular flexibility index (Phi) is 3.14. The van der Waals surface area contributed by atoms with Crippen molar-refractivity contribution in [2.24, 2.45) is 0 Å². The molecule has 0 unspecified atom stereocenters. The molecule has 2 aromatic rings. The minimum Gasteiger partial charge on any atom is -0.339 e. The average Bonchev–Trinajstić information content (AvgIpc) is 3.07. The number of anilines is 1. The van der Waals surface area contributed by atoms with Crippen molar-refractivity contribution in [3.63, 3.8) is 0 Å². The topological polar surface area (TPSA) is 34.0 Å². The van der Waals surface area contributed by atoms with E-state index in [0.717, 1.165) is 22.3 Å². The van der Waals surface area contributed by atoms with Gasteiger partial charge in [-0.1, -0.05) is 6.07 Å². The summed E-state index contributed by atoms with van der Waals surface area (Å²) in [6.45, 7) is 0. The van der Waals surface area contributed by atoms with Crippen LogP contribution in [0.5, 0.6) is 0 Å². The van der Waals surface area contributed by atoms with Crippen LogP contribution in [0.1, 0.15) is 46.9 Å². The number of nitrogens with zero attached hydrogens (tertiary/aromatic N) is 1. The Morgan fingerprint density at radius 2 is 2.00 bits per heavy atom. The van der Waals surface area contributed by atoms with Crippen molar-refractivity contribution in [1.82, 2.24) is 4.57 Å². The standard InChI is InChI=1S/C17H17BrN2O/c18-13-9-16(20(10-13)15-6-7-15)17(21)19-14-5-4-11-2-1-3-12(11)8-14/h4-5,8-10,15H,1-3,6-7H2,(H,19,21). The van der Waals surface area contributed by atoms with Gasteiger partial charge >= 0.3 is 0 Å². The highest BCUT2D eigenvalue weighted by Gasteiger charge is 2.27. The zero-order valence-electron chi connectivity index (χ0n) is 11.7. The van der Waals surface area contributed by atoms with E-state index >= 15 is 0 Å². The average molecular weight is 345 g/mol. The SMILES string of the molecule is O=C(Nc1ccc2c(c1)CCC2)c1cc(Br)cn1C1CC1. The van der Waals surface area contributed by atoms with Crippen molar-refractivity contribution >= 4 is 27.5 Å². The first-order valence-electron chi connectivity index (χ1n) is 7.51. The van der Waals surface area contributed by atoms with Crippen molar-refractivity contribution in [2.75, 3.05) is 5.32 Å². The van der Waals surface area contributed by atoms with Crippen molar-refractivity contribution < 1.29 is 4.79 Å². The highest BCUT2D eigenvalue weighted by atomic mass is 79.9. The summed E-state index contributed by atoms with van der Waals surface area (Å²) in [6, 6.07) is 8.69. The van der Waals surface area contributed by atoms with Crippen LogP contribution in [0.3, 0.4) is 0 Å². The van der Waals surface area contributed by atoms with Gasteiger partial charge in [0.05, 0.1) is 0 Å². The smallest absolute Gasteiger partial charge is 0.272 e. The van der Waals surface area contributed by atoms with Gasteiger partial charge in [-0.2, -0.15) is 0 Å². The van der Waals surface area contributed by atoms with Crippen molar-refractivity contribution in [3.05, 3.63) is 51.8 Å². The molecule has 4 heteroatoms. The fraction of sp³-hybridized carbons (Fsp3) is 0.353. The maximum atomic E-state index is 12.5. The number of carbonyl (C=O) groups excluding carboxylic acids is 1. The molecule has 1 N–H and O–H groups in total. The zero-order chi connectivity index (χ0) is 14.4. The summed E-state index contributed by atoms with van der Waals surface area (Å²) in [6.07, 6.45) is 7.87. The Bertz CT molecular complexity index is 716. The van der Waals surface area contributed by atoms with Gasteiger partial charge in [0.1, 0.15) is 5.69 Å². The Morgan fingerprint density at radius 1 is 1.19 bits per heavy atom. The predicted octanol–water partition coefficient (Wildman–Crippen LogP) is 4.33. The Balaban J connectivity index is 1.58. The fourth-order valence-corrected chi connectivity index (χ4v) is 3.56. The number of carbonyl (C=O) groups is 1. The largest absolute Gasteiger partial charge is 0.339 e. The minimum atomic E-state index is -0.0226. The number of rotatable bonds is 3. The molecule has 0 spiro atoms. The van der Waals surface area contributed by atoms with Gasteiger partial charge in [0, 0.05) is 22.4 Å². The van der Waals surface area contributed by atoms with Gasteiger partial charge in [0.15, 0.2) is 0 Å². The summed E-state index contributed by atoms with van der Waals surface area (Å²) in [7, 11) is 0. The number of aromatic nitrogens is 1. The van der Waals surface area contributed by atoms with E-state index in [-0.39, 0.29) is 5.91 Å². The number of nitrogens with one attached hydrogen (secondary N) is 1. The van der Waals surface area contributed by atoms with Crippen LogP contribution >= 0.6 is 15.9 Å². The van der Waals surface area contributed by atoms with Gasteiger partial charge in [-0.15, -0.1) is 0 Å². The van der Waals surface area contributed by atoms with E-state index in [4.69, 9.17) is 0 Å². The molecule has 0 bridgehead atoms. The maximum absolute atomic E-state index is 12.5. The van der Waals surface area contributed by atoms with E-state index in [1.807, 2.05) is 18.3 Å². The molecule has 108 valence electrons. The lowest BCUT2D eigenvalue weighted by atomic mass is 10.1. The predicted molar refractivity (Wildman–Crippen MR) is 86.8 cm³/mol. The summed E-state index contributed by atoms with van der Waals surface area (Å²) in [5.74, 6) is -0.0226. The normalized spacial score (nSPS) is 16.8. The van der Waals surface area contributed by atoms with Gasteiger partial charge in [-0.3, -0.25) is 4.79 Å². The Hall–Kier alpha value is -1.55. The highest BCUT2D eigenvalue weighted by Crippen LogP contribution is 2.37.